The Kier molecular flexibility index (Phi) is 10.9. The lowest BCUT2D eigenvalue weighted by atomic mass is 10.1. The number of fused-ring (bicyclic) bond motifs is 2. The van der Waals surface area contributed by atoms with Gasteiger partial charge in [-0.15, -0.1) is 0 Å². The molecule has 2 fully saturated rings. The van der Waals surface area contributed by atoms with Gasteiger partial charge < -0.3 is 19.4 Å². The van der Waals surface area contributed by atoms with Crippen LogP contribution in [0.25, 0.3) is 45.1 Å². The molecule has 0 radical (unpaired) electrons. The number of hydrogen-bond acceptors (Lipinski definition) is 9. The Morgan fingerprint density at radius 2 is 1.33 bits per heavy atom. The van der Waals surface area contributed by atoms with E-state index in [1.807, 2.05) is 15.2 Å². The summed E-state index contributed by atoms with van der Waals surface area (Å²) in [6.07, 6.45) is 10.3. The summed E-state index contributed by atoms with van der Waals surface area (Å²) >= 11 is 4.71. The van der Waals surface area contributed by atoms with Gasteiger partial charge in [-0.3, -0.25) is 9.59 Å². The highest BCUT2D eigenvalue weighted by Gasteiger charge is 2.31. The van der Waals surface area contributed by atoms with Crippen LogP contribution in [0.15, 0.2) is 98.9 Å². The zero-order chi connectivity index (χ0) is 35.9. The maximum absolute atomic E-state index is 14.4. The lowest BCUT2D eigenvalue weighted by Gasteiger charge is -2.18. The number of carbonyl (C=O) groups is 2. The zero-order valence-corrected chi connectivity index (χ0v) is 28.1. The van der Waals surface area contributed by atoms with Crippen molar-refractivity contribution in [2.45, 2.75) is 24.9 Å². The van der Waals surface area contributed by atoms with Crippen molar-refractivity contribution in [2.75, 3.05) is 26.2 Å². The fourth-order valence-electron chi connectivity index (χ4n) is 6.20. The average Bonchev–Trinajstić information content (AvgIpc) is 3.97. The Balaban J connectivity index is 0.000000157. The van der Waals surface area contributed by atoms with Gasteiger partial charge in [-0.05, 0) is 67.4 Å². The third-order valence-electron chi connectivity index (χ3n) is 8.51. The van der Waals surface area contributed by atoms with Gasteiger partial charge in [0.15, 0.2) is 11.3 Å². The molecule has 0 spiro atoms. The normalized spacial score (nSPS) is 16.6. The fraction of sp³-hybridized carbons (Fsp3) is 0.222. The van der Waals surface area contributed by atoms with Gasteiger partial charge >= 0.3 is 0 Å². The van der Waals surface area contributed by atoms with Crippen LogP contribution in [-0.4, -0.2) is 81.3 Å². The van der Waals surface area contributed by atoms with Crippen LogP contribution in [-0.2, 0) is 9.59 Å². The van der Waals surface area contributed by atoms with Gasteiger partial charge in [0.05, 0.1) is 35.6 Å². The van der Waals surface area contributed by atoms with E-state index >= 15 is 0 Å². The molecule has 1 amide bonds. The molecule has 1 N–H and O–H groups in total. The lowest BCUT2D eigenvalue weighted by Crippen LogP contribution is -2.27. The van der Waals surface area contributed by atoms with E-state index in [9.17, 15) is 18.4 Å². The molecule has 0 bridgehead atoms. The molecule has 12 nitrogen and oxygen atoms in total. The van der Waals surface area contributed by atoms with Crippen molar-refractivity contribution in [1.29, 1.82) is 0 Å². The van der Waals surface area contributed by atoms with Crippen LogP contribution in [0, 0.1) is 11.6 Å². The number of likely N-dealkylation sites (tertiary alicyclic amines) is 1. The molecule has 4 aromatic heterocycles. The summed E-state index contributed by atoms with van der Waals surface area (Å²) in [5.74, 6) is 0.412. The van der Waals surface area contributed by atoms with Crippen molar-refractivity contribution in [3.63, 3.8) is 0 Å². The van der Waals surface area contributed by atoms with E-state index in [2.05, 4.69) is 48.4 Å². The number of imidazole rings is 2. The Morgan fingerprint density at radius 1 is 0.804 bits per heavy atom. The third-order valence-corrected chi connectivity index (χ3v) is 8.67. The predicted octanol–water partition coefficient (Wildman–Crippen LogP) is 5.70. The van der Waals surface area contributed by atoms with Crippen molar-refractivity contribution < 1.29 is 18.4 Å². The van der Waals surface area contributed by atoms with Gasteiger partial charge in [0, 0.05) is 19.6 Å². The zero-order valence-electron chi connectivity index (χ0n) is 27.4. The molecular weight excluding hydrogens is 678 g/mol. The van der Waals surface area contributed by atoms with Crippen molar-refractivity contribution in [3.8, 4) is 22.8 Å². The molecule has 15 heteroatoms. The molecule has 8 rings (SSSR count). The standard InChI is InChI=1S/C18H16FN5O.C15H14FN5.C3H3ClO/c1-2-16(25)23-8-7-12(10-23)24-17(13-5-3-4-6-14(13)19)22-15-9-20-11-21-18(15)24;16-12-4-2-1-3-11(12)14-20-13-8-18-9-19-15(13)21(14)10-5-6-17-7-10;1-2-3(4)5/h2-6,9,11-12H,1,7-8,10H2;1-4,8-10,17H,5-7H2;2H,1H2. The Bertz CT molecular complexity index is 2220. The second kappa shape index (κ2) is 15.9. The number of halogens is 3. The average molecular weight is 711 g/mol. The molecule has 2 aliphatic rings. The Morgan fingerprint density at radius 3 is 1.80 bits per heavy atom. The highest BCUT2D eigenvalue weighted by molar-refractivity contribution is 6.66. The van der Waals surface area contributed by atoms with Gasteiger partial charge in [-0.25, -0.2) is 38.7 Å². The Labute approximate surface area is 296 Å². The number of nitrogens with zero attached hydrogens (tertiary/aromatic N) is 9. The second-order valence-corrected chi connectivity index (χ2v) is 12.0. The molecule has 2 unspecified atom stereocenters. The maximum Gasteiger partial charge on any atom is 0.246 e. The van der Waals surface area contributed by atoms with Gasteiger partial charge in [-0.2, -0.15) is 0 Å². The molecule has 2 saturated heterocycles. The highest BCUT2D eigenvalue weighted by Crippen LogP contribution is 2.33. The minimum atomic E-state index is -0.509. The van der Waals surface area contributed by atoms with E-state index in [0.717, 1.165) is 37.7 Å². The van der Waals surface area contributed by atoms with Crippen molar-refractivity contribution in [1.82, 2.24) is 49.3 Å². The van der Waals surface area contributed by atoms with Crippen LogP contribution in [0.2, 0.25) is 0 Å². The van der Waals surface area contributed by atoms with Crippen LogP contribution in [0.5, 0.6) is 0 Å². The van der Waals surface area contributed by atoms with Crippen LogP contribution in [0.3, 0.4) is 0 Å². The monoisotopic (exact) mass is 710 g/mol. The number of allylic oxidation sites excluding steroid dienone is 1. The van der Waals surface area contributed by atoms with Crippen LogP contribution >= 0.6 is 11.6 Å². The first-order chi connectivity index (χ1) is 24.8. The van der Waals surface area contributed by atoms with E-state index < -0.39 is 5.24 Å². The number of aromatic nitrogens is 8. The van der Waals surface area contributed by atoms with E-state index in [0.29, 0.717) is 52.5 Å². The molecule has 51 heavy (non-hydrogen) atoms. The summed E-state index contributed by atoms with van der Waals surface area (Å²) in [7, 11) is 0. The van der Waals surface area contributed by atoms with E-state index in [1.54, 1.807) is 47.6 Å². The summed E-state index contributed by atoms with van der Waals surface area (Å²) < 4.78 is 32.5. The first-order valence-electron chi connectivity index (χ1n) is 16.1. The molecular formula is C36H33ClF2N10O2. The number of nitrogens with one attached hydrogen (secondary N) is 1. The molecule has 260 valence electrons. The van der Waals surface area contributed by atoms with E-state index in [4.69, 9.17) is 11.6 Å². The van der Waals surface area contributed by atoms with E-state index in [1.165, 1.54) is 30.9 Å². The number of benzene rings is 2. The Hall–Kier alpha value is -5.73. The van der Waals surface area contributed by atoms with Crippen molar-refractivity contribution in [3.05, 3.63) is 111 Å². The summed E-state index contributed by atoms with van der Waals surface area (Å²) in [4.78, 5) is 48.9. The van der Waals surface area contributed by atoms with Crippen molar-refractivity contribution >= 4 is 45.1 Å². The minimum absolute atomic E-state index is 0.0293. The summed E-state index contributed by atoms with van der Waals surface area (Å²) in [5.41, 5.74) is 3.62. The van der Waals surface area contributed by atoms with Gasteiger partial charge in [0.2, 0.25) is 11.1 Å². The first-order valence-corrected chi connectivity index (χ1v) is 16.5. The molecule has 2 aliphatic heterocycles. The maximum atomic E-state index is 14.4. The van der Waals surface area contributed by atoms with Crippen LogP contribution in [0.4, 0.5) is 8.78 Å². The SMILES string of the molecule is C=CC(=O)Cl.C=CC(=O)N1CCC(n2c(-c3ccccc3F)nc3cncnc32)C1.Fc1ccccc1-c1nc2cncnc2n1C1CCNC1. The summed E-state index contributed by atoms with van der Waals surface area (Å²) in [6.45, 7) is 9.55. The summed E-state index contributed by atoms with van der Waals surface area (Å²) in [5, 5.41) is 2.82. The number of carbonyl (C=O) groups excluding carboxylic acids is 2. The fourth-order valence-corrected chi connectivity index (χ4v) is 6.20. The third kappa shape index (κ3) is 7.56. The lowest BCUT2D eigenvalue weighted by molar-refractivity contribution is -0.125. The predicted molar refractivity (Wildman–Crippen MR) is 189 cm³/mol. The number of rotatable bonds is 6. The van der Waals surface area contributed by atoms with Gasteiger partial charge in [0.25, 0.3) is 0 Å². The van der Waals surface area contributed by atoms with Crippen LogP contribution < -0.4 is 5.32 Å². The van der Waals surface area contributed by atoms with Gasteiger partial charge in [-0.1, -0.05) is 37.4 Å². The quantitative estimate of drug-likeness (QED) is 0.171. The molecule has 6 heterocycles. The molecule has 2 atom stereocenters. The topological polar surface area (TPSA) is 137 Å². The number of hydrogen-bond donors (Lipinski definition) is 1. The van der Waals surface area contributed by atoms with Crippen molar-refractivity contribution in [2.24, 2.45) is 0 Å². The minimum Gasteiger partial charge on any atom is -0.337 e. The molecule has 0 aliphatic carbocycles. The molecule has 0 saturated carbocycles. The van der Waals surface area contributed by atoms with Crippen LogP contribution in [0.1, 0.15) is 24.9 Å². The molecule has 6 aromatic rings. The largest absolute Gasteiger partial charge is 0.337 e. The summed E-state index contributed by atoms with van der Waals surface area (Å²) in [6, 6.07) is 13.4. The van der Waals surface area contributed by atoms with E-state index in [-0.39, 0.29) is 29.6 Å². The smallest absolute Gasteiger partial charge is 0.246 e. The number of amides is 1. The second-order valence-electron chi connectivity index (χ2n) is 11.6. The molecule has 2 aromatic carbocycles. The van der Waals surface area contributed by atoms with Gasteiger partial charge in [0.1, 0.15) is 47.0 Å². The first kappa shape index (κ1) is 35.1. The highest BCUT2D eigenvalue weighted by atomic mass is 35.5.